The molecule has 25 heavy (non-hydrogen) atoms. The summed E-state index contributed by atoms with van der Waals surface area (Å²) < 4.78 is 0.928. The zero-order chi connectivity index (χ0) is 18.4. The van der Waals surface area contributed by atoms with E-state index in [-0.39, 0.29) is 30.8 Å². The number of carbonyl (C=O) groups excluding carboxylic acids is 3. The van der Waals surface area contributed by atoms with E-state index in [0.717, 1.165) is 10.0 Å². The SMILES string of the molecule is Cc1cc(Br)ccc1NC(=O)CN(C)C(=O)CNC(=O)c1cccs1. The molecule has 2 aromatic rings. The molecule has 2 N–H and O–H groups in total. The van der Waals surface area contributed by atoms with Crippen molar-refractivity contribution in [2.24, 2.45) is 0 Å². The zero-order valence-electron chi connectivity index (χ0n) is 13.8. The van der Waals surface area contributed by atoms with Crippen molar-refractivity contribution < 1.29 is 14.4 Å². The maximum atomic E-state index is 12.1. The van der Waals surface area contributed by atoms with Crippen molar-refractivity contribution in [2.45, 2.75) is 6.92 Å². The fraction of sp³-hybridized carbons (Fsp3) is 0.235. The minimum absolute atomic E-state index is 0.0940. The van der Waals surface area contributed by atoms with Gasteiger partial charge in [0.15, 0.2) is 0 Å². The minimum Gasteiger partial charge on any atom is -0.342 e. The molecule has 0 radical (unpaired) electrons. The Labute approximate surface area is 158 Å². The number of halogens is 1. The number of benzene rings is 1. The van der Waals surface area contributed by atoms with E-state index >= 15 is 0 Å². The highest BCUT2D eigenvalue weighted by molar-refractivity contribution is 9.10. The largest absolute Gasteiger partial charge is 0.342 e. The average molecular weight is 424 g/mol. The van der Waals surface area contributed by atoms with Gasteiger partial charge in [-0.15, -0.1) is 11.3 Å². The van der Waals surface area contributed by atoms with E-state index in [9.17, 15) is 14.4 Å². The Balaban J connectivity index is 1.81. The molecule has 2 rings (SSSR count). The third-order valence-electron chi connectivity index (χ3n) is 3.41. The topological polar surface area (TPSA) is 78.5 Å². The normalized spacial score (nSPS) is 10.2. The number of likely N-dealkylation sites (N-methyl/N-ethyl adjacent to an activating group) is 1. The Morgan fingerprint density at radius 3 is 2.64 bits per heavy atom. The maximum absolute atomic E-state index is 12.1. The van der Waals surface area contributed by atoms with E-state index in [1.165, 1.54) is 23.3 Å². The highest BCUT2D eigenvalue weighted by Crippen LogP contribution is 2.19. The van der Waals surface area contributed by atoms with Gasteiger partial charge in [0.05, 0.1) is 18.0 Å². The molecule has 0 atom stereocenters. The summed E-state index contributed by atoms with van der Waals surface area (Å²) in [6, 6.07) is 8.96. The molecule has 132 valence electrons. The Morgan fingerprint density at radius 2 is 2.00 bits per heavy atom. The number of hydrogen-bond donors (Lipinski definition) is 2. The van der Waals surface area contributed by atoms with Gasteiger partial charge < -0.3 is 15.5 Å². The summed E-state index contributed by atoms with van der Waals surface area (Å²) in [4.78, 5) is 37.8. The lowest BCUT2D eigenvalue weighted by molar-refractivity contribution is -0.132. The number of nitrogens with one attached hydrogen (secondary N) is 2. The summed E-state index contributed by atoms with van der Waals surface area (Å²) in [6.07, 6.45) is 0. The second-order valence-corrected chi connectivity index (χ2v) is 7.28. The van der Waals surface area contributed by atoms with Crippen LogP contribution < -0.4 is 10.6 Å². The van der Waals surface area contributed by atoms with E-state index in [1.54, 1.807) is 23.6 Å². The first-order chi connectivity index (χ1) is 11.9. The highest BCUT2D eigenvalue weighted by Gasteiger charge is 2.15. The van der Waals surface area contributed by atoms with Crippen molar-refractivity contribution >= 4 is 50.7 Å². The van der Waals surface area contributed by atoms with Crippen molar-refractivity contribution in [3.8, 4) is 0 Å². The standard InChI is InChI=1S/C17H18BrN3O3S/c1-11-8-12(18)5-6-13(11)20-15(22)10-21(2)16(23)9-19-17(24)14-4-3-7-25-14/h3-8H,9-10H2,1-2H3,(H,19,24)(H,20,22). The van der Waals surface area contributed by atoms with Gasteiger partial charge in [-0.25, -0.2) is 0 Å². The number of aryl methyl sites for hydroxylation is 1. The first-order valence-corrected chi connectivity index (χ1v) is 9.15. The van der Waals surface area contributed by atoms with Gasteiger partial charge in [0.25, 0.3) is 5.91 Å². The Morgan fingerprint density at radius 1 is 1.24 bits per heavy atom. The van der Waals surface area contributed by atoms with Gasteiger partial charge in [0, 0.05) is 17.2 Å². The molecular weight excluding hydrogens is 406 g/mol. The molecule has 0 spiro atoms. The van der Waals surface area contributed by atoms with E-state index in [0.29, 0.717) is 10.6 Å². The van der Waals surface area contributed by atoms with Crippen LogP contribution in [0.15, 0.2) is 40.2 Å². The van der Waals surface area contributed by atoms with Gasteiger partial charge in [0.2, 0.25) is 11.8 Å². The van der Waals surface area contributed by atoms with Crippen LogP contribution in [0.4, 0.5) is 5.69 Å². The molecule has 0 bridgehead atoms. The molecule has 8 heteroatoms. The van der Waals surface area contributed by atoms with Gasteiger partial charge in [-0.1, -0.05) is 22.0 Å². The Hall–Kier alpha value is -2.19. The Bertz CT molecular complexity index is 777. The molecule has 0 aliphatic carbocycles. The lowest BCUT2D eigenvalue weighted by atomic mass is 10.2. The third-order valence-corrected chi connectivity index (χ3v) is 4.78. The maximum Gasteiger partial charge on any atom is 0.261 e. The number of carbonyl (C=O) groups is 3. The summed E-state index contributed by atoms with van der Waals surface area (Å²) in [6.45, 7) is 1.64. The second kappa shape index (κ2) is 8.77. The van der Waals surface area contributed by atoms with Crippen molar-refractivity contribution in [3.63, 3.8) is 0 Å². The second-order valence-electron chi connectivity index (χ2n) is 5.42. The monoisotopic (exact) mass is 423 g/mol. The summed E-state index contributed by atoms with van der Waals surface area (Å²) in [5.41, 5.74) is 1.61. The van der Waals surface area contributed by atoms with Gasteiger partial charge in [-0.2, -0.15) is 0 Å². The van der Waals surface area contributed by atoms with Crippen LogP contribution in [0.5, 0.6) is 0 Å². The average Bonchev–Trinajstić information content (AvgIpc) is 3.09. The van der Waals surface area contributed by atoms with Crippen molar-refractivity contribution in [3.05, 3.63) is 50.6 Å². The van der Waals surface area contributed by atoms with Crippen LogP contribution >= 0.6 is 27.3 Å². The van der Waals surface area contributed by atoms with Crippen LogP contribution in [0.3, 0.4) is 0 Å². The van der Waals surface area contributed by atoms with Crippen LogP contribution in [0.25, 0.3) is 0 Å². The molecule has 1 aromatic carbocycles. The van der Waals surface area contributed by atoms with E-state index in [4.69, 9.17) is 0 Å². The fourth-order valence-electron chi connectivity index (χ4n) is 2.05. The van der Waals surface area contributed by atoms with Crippen LogP contribution in [-0.2, 0) is 9.59 Å². The number of anilines is 1. The van der Waals surface area contributed by atoms with Crippen molar-refractivity contribution in [1.29, 1.82) is 0 Å². The predicted octanol–water partition coefficient (Wildman–Crippen LogP) is 2.65. The molecule has 1 aromatic heterocycles. The van der Waals surface area contributed by atoms with E-state index in [1.807, 2.05) is 19.1 Å². The number of thiophene rings is 1. The molecule has 0 saturated carbocycles. The highest BCUT2D eigenvalue weighted by atomic mass is 79.9. The van der Waals surface area contributed by atoms with E-state index in [2.05, 4.69) is 26.6 Å². The molecule has 6 nitrogen and oxygen atoms in total. The van der Waals surface area contributed by atoms with Crippen molar-refractivity contribution in [1.82, 2.24) is 10.2 Å². The number of amides is 3. The van der Waals surface area contributed by atoms with Crippen molar-refractivity contribution in [2.75, 3.05) is 25.5 Å². The molecule has 0 aliphatic heterocycles. The first kappa shape index (κ1) is 19.1. The molecule has 3 amide bonds. The summed E-state index contributed by atoms with van der Waals surface area (Å²) in [5.74, 6) is -0.940. The molecular formula is C17H18BrN3O3S. The quantitative estimate of drug-likeness (QED) is 0.749. The summed E-state index contributed by atoms with van der Waals surface area (Å²) >= 11 is 4.67. The molecule has 1 heterocycles. The van der Waals surface area contributed by atoms with Crippen LogP contribution in [0.2, 0.25) is 0 Å². The van der Waals surface area contributed by atoms with Crippen LogP contribution in [0, 0.1) is 6.92 Å². The molecule has 0 aliphatic rings. The lowest BCUT2D eigenvalue weighted by Gasteiger charge is -2.17. The number of nitrogens with zero attached hydrogens (tertiary/aromatic N) is 1. The first-order valence-electron chi connectivity index (χ1n) is 7.48. The summed E-state index contributed by atoms with van der Waals surface area (Å²) in [5, 5.41) is 7.11. The molecule has 0 fully saturated rings. The van der Waals surface area contributed by atoms with Crippen LogP contribution in [-0.4, -0.2) is 42.8 Å². The van der Waals surface area contributed by atoms with Gasteiger partial charge in [-0.3, -0.25) is 14.4 Å². The van der Waals surface area contributed by atoms with Gasteiger partial charge in [0.1, 0.15) is 0 Å². The fourth-order valence-corrected chi connectivity index (χ4v) is 3.16. The minimum atomic E-state index is -0.340. The third kappa shape index (κ3) is 5.68. The van der Waals surface area contributed by atoms with Gasteiger partial charge >= 0.3 is 0 Å². The molecule has 0 unspecified atom stereocenters. The predicted molar refractivity (Wildman–Crippen MR) is 102 cm³/mol. The lowest BCUT2D eigenvalue weighted by Crippen LogP contribution is -2.41. The van der Waals surface area contributed by atoms with E-state index < -0.39 is 0 Å². The molecule has 0 saturated heterocycles. The summed E-state index contributed by atoms with van der Waals surface area (Å²) in [7, 11) is 1.52. The number of rotatable bonds is 6. The Kier molecular flexibility index (Phi) is 6.72. The smallest absolute Gasteiger partial charge is 0.261 e. The number of hydrogen-bond acceptors (Lipinski definition) is 4. The van der Waals surface area contributed by atoms with Crippen LogP contribution in [0.1, 0.15) is 15.2 Å². The zero-order valence-corrected chi connectivity index (χ0v) is 16.2. The van der Waals surface area contributed by atoms with Gasteiger partial charge in [-0.05, 0) is 42.1 Å².